The number of benzene rings is 1. The van der Waals surface area contributed by atoms with Crippen LogP contribution < -0.4 is 4.74 Å². The summed E-state index contributed by atoms with van der Waals surface area (Å²) in [5, 5.41) is 3.94. The fourth-order valence-electron chi connectivity index (χ4n) is 1.82. The van der Waals surface area contributed by atoms with Gasteiger partial charge in [-0.25, -0.2) is 4.68 Å². The van der Waals surface area contributed by atoms with Crippen LogP contribution >= 0.6 is 0 Å². The third-order valence-corrected chi connectivity index (χ3v) is 2.93. The first-order valence-electron chi connectivity index (χ1n) is 5.87. The maximum atomic E-state index is 11.9. The van der Waals surface area contributed by atoms with E-state index < -0.39 is 0 Å². The van der Waals surface area contributed by atoms with E-state index in [0.717, 1.165) is 11.3 Å². The quantitative estimate of drug-likeness (QED) is 0.830. The molecular formula is C14H16N2O2. The van der Waals surface area contributed by atoms with Gasteiger partial charge in [0.1, 0.15) is 5.75 Å². The van der Waals surface area contributed by atoms with Gasteiger partial charge in [0.15, 0.2) is 0 Å². The number of rotatable bonds is 4. The Kier molecular flexibility index (Phi) is 3.77. The zero-order chi connectivity index (χ0) is 13.0. The van der Waals surface area contributed by atoms with E-state index in [1.807, 2.05) is 31.2 Å². The summed E-state index contributed by atoms with van der Waals surface area (Å²) < 4.78 is 6.48. The highest BCUT2D eigenvalue weighted by atomic mass is 16.5. The summed E-state index contributed by atoms with van der Waals surface area (Å²) >= 11 is 0. The molecule has 4 heteroatoms. The monoisotopic (exact) mass is 244 g/mol. The second kappa shape index (κ2) is 5.49. The van der Waals surface area contributed by atoms with Gasteiger partial charge < -0.3 is 4.74 Å². The van der Waals surface area contributed by atoms with E-state index in [1.165, 1.54) is 4.68 Å². The lowest BCUT2D eigenvalue weighted by Crippen LogP contribution is -2.13. The Morgan fingerprint density at radius 2 is 2.11 bits per heavy atom. The zero-order valence-electron chi connectivity index (χ0n) is 10.5. The maximum Gasteiger partial charge on any atom is 0.247 e. The Labute approximate surface area is 106 Å². The van der Waals surface area contributed by atoms with E-state index in [2.05, 4.69) is 5.10 Å². The number of carbonyl (C=O) groups excluding carboxylic acids is 1. The normalized spacial score (nSPS) is 12.1. The molecule has 0 aliphatic rings. The van der Waals surface area contributed by atoms with Gasteiger partial charge in [0, 0.05) is 18.8 Å². The van der Waals surface area contributed by atoms with Crippen molar-refractivity contribution in [3.05, 3.63) is 48.3 Å². The Bertz CT molecular complexity index is 503. The highest BCUT2D eigenvalue weighted by molar-refractivity contribution is 5.78. The van der Waals surface area contributed by atoms with Crippen LogP contribution in [-0.4, -0.2) is 22.8 Å². The van der Waals surface area contributed by atoms with Crippen LogP contribution in [0.5, 0.6) is 5.75 Å². The Morgan fingerprint density at radius 1 is 1.39 bits per heavy atom. The molecule has 0 aliphatic carbocycles. The molecule has 2 aromatic rings. The van der Waals surface area contributed by atoms with Crippen LogP contribution in [0.3, 0.4) is 0 Å². The molecule has 0 saturated heterocycles. The highest BCUT2D eigenvalue weighted by Crippen LogP contribution is 2.22. The van der Waals surface area contributed by atoms with E-state index in [9.17, 15) is 4.79 Å². The van der Waals surface area contributed by atoms with Crippen molar-refractivity contribution in [2.75, 3.05) is 7.11 Å². The second-order valence-corrected chi connectivity index (χ2v) is 4.22. The van der Waals surface area contributed by atoms with Crippen LogP contribution in [0, 0.1) is 0 Å². The molecule has 0 fully saturated rings. The number of nitrogens with zero attached hydrogens (tertiary/aromatic N) is 2. The minimum atomic E-state index is 0.00307. The molecule has 0 radical (unpaired) electrons. The number of carbonyl (C=O) groups is 1. The topological polar surface area (TPSA) is 44.1 Å². The first-order chi connectivity index (χ1) is 8.70. The first-order valence-corrected chi connectivity index (χ1v) is 5.87. The van der Waals surface area contributed by atoms with Crippen LogP contribution in [0.4, 0.5) is 0 Å². The fourth-order valence-corrected chi connectivity index (χ4v) is 1.82. The number of hydrogen-bond donors (Lipinski definition) is 0. The first kappa shape index (κ1) is 12.4. The minimum Gasteiger partial charge on any atom is -0.497 e. The highest BCUT2D eigenvalue weighted by Gasteiger charge is 2.12. The molecule has 1 aromatic carbocycles. The molecule has 0 bridgehead atoms. The number of methoxy groups -OCH3 is 1. The van der Waals surface area contributed by atoms with Gasteiger partial charge in [0.25, 0.3) is 0 Å². The summed E-state index contributed by atoms with van der Waals surface area (Å²) in [6.45, 7) is 2.03. The number of aromatic nitrogens is 2. The largest absolute Gasteiger partial charge is 0.497 e. The predicted molar refractivity (Wildman–Crippen MR) is 68.9 cm³/mol. The summed E-state index contributed by atoms with van der Waals surface area (Å²) in [6.07, 6.45) is 3.72. The van der Waals surface area contributed by atoms with Crippen molar-refractivity contribution in [1.29, 1.82) is 0 Å². The van der Waals surface area contributed by atoms with Crippen molar-refractivity contribution in [2.45, 2.75) is 19.3 Å². The molecule has 0 N–H and O–H groups in total. The molecule has 0 saturated carbocycles. The van der Waals surface area contributed by atoms with Gasteiger partial charge in [0.05, 0.1) is 7.11 Å². The Balaban J connectivity index is 2.02. The second-order valence-electron chi connectivity index (χ2n) is 4.22. The van der Waals surface area contributed by atoms with E-state index in [0.29, 0.717) is 6.42 Å². The van der Waals surface area contributed by atoms with E-state index in [-0.39, 0.29) is 11.8 Å². The summed E-state index contributed by atoms with van der Waals surface area (Å²) in [6, 6.07) is 9.53. The van der Waals surface area contributed by atoms with Crippen LogP contribution in [0.15, 0.2) is 42.7 Å². The lowest BCUT2D eigenvalue weighted by Gasteiger charge is -2.11. The molecule has 0 aliphatic heterocycles. The molecule has 0 spiro atoms. The Hall–Kier alpha value is -2.10. The van der Waals surface area contributed by atoms with Crippen molar-refractivity contribution in [1.82, 2.24) is 9.78 Å². The molecule has 0 amide bonds. The number of hydrogen-bond acceptors (Lipinski definition) is 3. The maximum absolute atomic E-state index is 11.9. The number of ether oxygens (including phenoxy) is 1. The van der Waals surface area contributed by atoms with E-state index in [4.69, 9.17) is 4.74 Å². The van der Waals surface area contributed by atoms with Crippen LogP contribution in [-0.2, 0) is 0 Å². The average Bonchev–Trinajstić information content (AvgIpc) is 2.92. The predicted octanol–water partition coefficient (Wildman–Crippen LogP) is 2.73. The van der Waals surface area contributed by atoms with E-state index in [1.54, 1.807) is 25.6 Å². The average molecular weight is 244 g/mol. The van der Waals surface area contributed by atoms with Crippen molar-refractivity contribution in [3.63, 3.8) is 0 Å². The smallest absolute Gasteiger partial charge is 0.247 e. The van der Waals surface area contributed by atoms with Crippen LogP contribution in [0.1, 0.15) is 29.6 Å². The summed E-state index contributed by atoms with van der Waals surface area (Å²) in [5.74, 6) is 0.986. The third kappa shape index (κ3) is 2.77. The molecule has 2 rings (SSSR count). The van der Waals surface area contributed by atoms with Gasteiger partial charge in [0.2, 0.25) is 5.91 Å². The van der Waals surface area contributed by atoms with E-state index >= 15 is 0 Å². The molecule has 0 unspecified atom stereocenters. The standard InChI is InChI=1S/C14H16N2O2/c1-11(10-14(17)16-9-3-8-15-16)12-4-6-13(18-2)7-5-12/h3-9,11H,10H2,1-2H3/t11-/m1/s1. The lowest BCUT2D eigenvalue weighted by atomic mass is 9.97. The minimum absolute atomic E-state index is 0.00307. The van der Waals surface area contributed by atoms with Crippen molar-refractivity contribution in [3.8, 4) is 5.75 Å². The molecule has 94 valence electrons. The lowest BCUT2D eigenvalue weighted by molar-refractivity contribution is 0.0879. The fraction of sp³-hybridized carbons (Fsp3) is 0.286. The van der Waals surface area contributed by atoms with Gasteiger partial charge in [-0.2, -0.15) is 5.10 Å². The van der Waals surface area contributed by atoms with Gasteiger partial charge in [-0.15, -0.1) is 0 Å². The van der Waals surface area contributed by atoms with Gasteiger partial charge in [-0.1, -0.05) is 19.1 Å². The van der Waals surface area contributed by atoms with Gasteiger partial charge >= 0.3 is 0 Å². The van der Waals surface area contributed by atoms with Crippen molar-refractivity contribution >= 4 is 5.91 Å². The summed E-state index contributed by atoms with van der Waals surface area (Å²) in [7, 11) is 1.64. The van der Waals surface area contributed by atoms with Gasteiger partial charge in [-0.3, -0.25) is 4.79 Å². The third-order valence-electron chi connectivity index (χ3n) is 2.93. The molecule has 1 heterocycles. The zero-order valence-corrected chi connectivity index (χ0v) is 10.5. The van der Waals surface area contributed by atoms with Gasteiger partial charge in [-0.05, 0) is 29.7 Å². The summed E-state index contributed by atoms with van der Waals surface area (Å²) in [5.41, 5.74) is 1.12. The molecule has 1 aromatic heterocycles. The Morgan fingerprint density at radius 3 is 2.67 bits per heavy atom. The van der Waals surface area contributed by atoms with Crippen LogP contribution in [0.25, 0.3) is 0 Å². The molecule has 1 atom stereocenters. The molecule has 18 heavy (non-hydrogen) atoms. The molecular weight excluding hydrogens is 228 g/mol. The summed E-state index contributed by atoms with van der Waals surface area (Å²) in [4.78, 5) is 11.9. The molecule has 4 nitrogen and oxygen atoms in total. The van der Waals surface area contributed by atoms with Crippen LogP contribution in [0.2, 0.25) is 0 Å². The SMILES string of the molecule is COc1ccc([C@H](C)CC(=O)n2cccn2)cc1. The van der Waals surface area contributed by atoms with Crippen molar-refractivity contribution in [2.24, 2.45) is 0 Å². The van der Waals surface area contributed by atoms with Crippen molar-refractivity contribution < 1.29 is 9.53 Å².